The summed E-state index contributed by atoms with van der Waals surface area (Å²) < 4.78 is 6.52. The number of nitrogens with one attached hydrogen (secondary N) is 2. The van der Waals surface area contributed by atoms with Crippen LogP contribution in [0.5, 0.6) is 5.75 Å². The van der Waals surface area contributed by atoms with Crippen molar-refractivity contribution < 1.29 is 34.1 Å². The number of nitrogens with zero attached hydrogens (tertiary/aromatic N) is 4. The van der Waals surface area contributed by atoms with Crippen molar-refractivity contribution in [1.82, 2.24) is 24.9 Å². The van der Waals surface area contributed by atoms with Gasteiger partial charge in [0.05, 0.1) is 11.0 Å². The minimum atomic E-state index is -1.02. The van der Waals surface area contributed by atoms with Crippen LogP contribution in [0.2, 0.25) is 0 Å². The average Bonchev–Trinajstić information content (AvgIpc) is 3.31. The number of amides is 5. The number of phenolic OH excluding ortho intramolecular Hbond substituents is 1. The number of aliphatic hydroxyl groups is 1. The highest BCUT2D eigenvalue weighted by atomic mass is 79.9. The zero-order valence-corrected chi connectivity index (χ0v) is 30.6. The van der Waals surface area contributed by atoms with Crippen molar-refractivity contribution in [3.63, 3.8) is 0 Å². The van der Waals surface area contributed by atoms with E-state index >= 15 is 0 Å². The molecule has 0 unspecified atom stereocenters. The van der Waals surface area contributed by atoms with E-state index in [1.54, 1.807) is 23.1 Å². The van der Waals surface area contributed by atoms with Gasteiger partial charge in [-0.05, 0) is 115 Å². The molecule has 51 heavy (non-hydrogen) atoms. The number of para-hydroxylation sites is 1. The molecule has 14 heteroatoms. The first kappa shape index (κ1) is 36.9. The number of aliphatic hydroxyl groups excluding tert-OH is 1. The Morgan fingerprint density at radius 2 is 1.57 bits per heavy atom. The predicted octanol–water partition coefficient (Wildman–Crippen LogP) is 3.77. The van der Waals surface area contributed by atoms with E-state index in [1.165, 1.54) is 0 Å². The van der Waals surface area contributed by atoms with Gasteiger partial charge in [0.15, 0.2) is 6.10 Å². The standard InChI is InChI=1S/C37H49BrN6O7/c38-30-21-25(5-6-32(30)46)22-33(35(48)42-16-9-27(10-17-42)26-7-14-41(15-8-26)23-34(47)39-24-45)51-37(50)43-18-12-29(13-19-43)44-20-11-28-3-1-2-4-31(28)40-36(44)49/h1-6,21,26-27,29,33,45-46H,7-20,22-24H2,(H,39,47)(H,40,49)/t33-/m1/s1. The summed E-state index contributed by atoms with van der Waals surface area (Å²) in [6.07, 6.45) is 4.34. The van der Waals surface area contributed by atoms with Crippen molar-refractivity contribution in [2.75, 3.05) is 64.4 Å². The number of carbonyl (C=O) groups is 4. The van der Waals surface area contributed by atoms with Gasteiger partial charge in [-0.3, -0.25) is 14.5 Å². The van der Waals surface area contributed by atoms with Crippen molar-refractivity contribution in [3.8, 4) is 5.75 Å². The third-order valence-electron chi connectivity index (χ3n) is 11.1. The van der Waals surface area contributed by atoms with E-state index < -0.39 is 12.2 Å². The van der Waals surface area contributed by atoms with E-state index in [0.717, 1.165) is 62.0 Å². The van der Waals surface area contributed by atoms with E-state index in [2.05, 4.69) is 31.5 Å². The van der Waals surface area contributed by atoms with Crippen molar-refractivity contribution in [2.45, 2.75) is 63.5 Å². The molecule has 0 aromatic heterocycles. The van der Waals surface area contributed by atoms with Gasteiger partial charge in [0.2, 0.25) is 5.91 Å². The van der Waals surface area contributed by atoms with E-state index in [-0.39, 0.29) is 42.8 Å². The van der Waals surface area contributed by atoms with E-state index in [1.807, 2.05) is 34.1 Å². The fourth-order valence-electron chi connectivity index (χ4n) is 8.09. The molecule has 0 saturated carbocycles. The van der Waals surface area contributed by atoms with E-state index in [4.69, 9.17) is 9.84 Å². The summed E-state index contributed by atoms with van der Waals surface area (Å²) in [6, 6.07) is 12.7. The second-order valence-electron chi connectivity index (χ2n) is 14.1. The molecule has 0 spiro atoms. The van der Waals surface area contributed by atoms with Crippen molar-refractivity contribution in [3.05, 3.63) is 58.1 Å². The van der Waals surface area contributed by atoms with Crippen LogP contribution < -0.4 is 10.6 Å². The monoisotopic (exact) mass is 768 g/mol. The maximum absolute atomic E-state index is 14.0. The summed E-state index contributed by atoms with van der Waals surface area (Å²) in [6.45, 7) is 4.22. The number of piperidine rings is 3. The quantitative estimate of drug-likeness (QED) is 0.281. The number of halogens is 1. The third-order valence-corrected chi connectivity index (χ3v) is 11.7. The highest BCUT2D eigenvalue weighted by molar-refractivity contribution is 9.10. The predicted molar refractivity (Wildman–Crippen MR) is 194 cm³/mol. The van der Waals surface area contributed by atoms with Gasteiger partial charge >= 0.3 is 12.1 Å². The zero-order valence-electron chi connectivity index (χ0n) is 29.0. The van der Waals surface area contributed by atoms with Crippen LogP contribution in [0.4, 0.5) is 15.3 Å². The number of aromatic hydroxyl groups is 1. The fourth-order valence-corrected chi connectivity index (χ4v) is 8.52. The number of ether oxygens (including phenoxy) is 1. The molecule has 276 valence electrons. The topological polar surface area (TPSA) is 155 Å². The maximum atomic E-state index is 14.0. The molecule has 0 radical (unpaired) electrons. The summed E-state index contributed by atoms with van der Waals surface area (Å²) in [5, 5.41) is 24.4. The molecule has 3 saturated heterocycles. The fraction of sp³-hybridized carbons (Fsp3) is 0.568. The number of benzene rings is 2. The Bertz CT molecular complexity index is 1550. The SMILES string of the molecule is O=C(CN1CCC(C2CCN(C(=O)[C@@H](Cc3ccc(O)c(Br)c3)OC(=O)N3CCC(N4CCc5ccccc5NC4=O)CC3)CC2)CC1)NCO. The molecular weight excluding hydrogens is 720 g/mol. The van der Waals surface area contributed by atoms with Gasteiger partial charge in [-0.25, -0.2) is 9.59 Å². The molecule has 0 aliphatic carbocycles. The lowest BCUT2D eigenvalue weighted by Crippen LogP contribution is -2.52. The number of likely N-dealkylation sites (tertiary alicyclic amines) is 3. The molecule has 3 fully saturated rings. The van der Waals surface area contributed by atoms with Gasteiger partial charge in [0.25, 0.3) is 5.91 Å². The largest absolute Gasteiger partial charge is 0.507 e. The molecule has 4 aliphatic rings. The molecule has 1 atom stereocenters. The molecule has 2 aromatic rings. The van der Waals surface area contributed by atoms with Crippen LogP contribution in [-0.4, -0.2) is 125 Å². The van der Waals surface area contributed by atoms with E-state index in [0.29, 0.717) is 68.4 Å². The normalized spacial score (nSPS) is 20.3. The van der Waals surface area contributed by atoms with Gasteiger partial charge in [-0.2, -0.15) is 0 Å². The summed E-state index contributed by atoms with van der Waals surface area (Å²) >= 11 is 3.36. The lowest BCUT2D eigenvalue weighted by atomic mass is 9.78. The lowest BCUT2D eigenvalue weighted by molar-refractivity contribution is -0.142. The summed E-state index contributed by atoms with van der Waals surface area (Å²) in [7, 11) is 0. The van der Waals surface area contributed by atoms with Crippen molar-refractivity contribution in [2.24, 2.45) is 11.8 Å². The smallest absolute Gasteiger partial charge is 0.410 e. The van der Waals surface area contributed by atoms with Gasteiger partial charge < -0.3 is 40.3 Å². The Morgan fingerprint density at radius 1 is 0.902 bits per heavy atom. The Labute approximate surface area is 307 Å². The molecule has 4 N–H and O–H groups in total. The van der Waals surface area contributed by atoms with Crippen molar-refractivity contribution >= 4 is 45.6 Å². The number of phenols is 1. The van der Waals surface area contributed by atoms with Crippen molar-refractivity contribution in [1.29, 1.82) is 0 Å². The Kier molecular flexibility index (Phi) is 12.4. The minimum absolute atomic E-state index is 0.00516. The minimum Gasteiger partial charge on any atom is -0.507 e. The van der Waals surface area contributed by atoms with Gasteiger partial charge in [0, 0.05) is 50.9 Å². The second kappa shape index (κ2) is 17.1. The molecular formula is C37H49BrN6O7. The van der Waals surface area contributed by atoms with Gasteiger partial charge in [0.1, 0.15) is 12.5 Å². The molecule has 4 heterocycles. The summed E-state index contributed by atoms with van der Waals surface area (Å²) in [4.78, 5) is 60.0. The first-order chi connectivity index (χ1) is 24.7. The maximum Gasteiger partial charge on any atom is 0.410 e. The molecule has 5 amide bonds. The van der Waals surface area contributed by atoms with Crippen LogP contribution in [0, 0.1) is 11.8 Å². The first-order valence-electron chi connectivity index (χ1n) is 18.2. The van der Waals surface area contributed by atoms with E-state index in [9.17, 15) is 24.3 Å². The average molecular weight is 770 g/mol. The van der Waals surface area contributed by atoms with Crippen LogP contribution >= 0.6 is 15.9 Å². The summed E-state index contributed by atoms with van der Waals surface area (Å²) in [5.41, 5.74) is 2.71. The number of carbonyl (C=O) groups excluding carboxylic acids is 4. The lowest BCUT2D eigenvalue weighted by Gasteiger charge is -2.41. The first-order valence-corrected chi connectivity index (χ1v) is 18.9. The Morgan fingerprint density at radius 3 is 2.25 bits per heavy atom. The Balaban J connectivity index is 1.03. The van der Waals surface area contributed by atoms with Gasteiger partial charge in [-0.15, -0.1) is 0 Å². The summed E-state index contributed by atoms with van der Waals surface area (Å²) in [5.74, 6) is 0.714. The molecule has 6 rings (SSSR count). The molecule has 2 aromatic carbocycles. The second-order valence-corrected chi connectivity index (χ2v) is 15.0. The highest BCUT2D eigenvalue weighted by Gasteiger charge is 2.37. The van der Waals surface area contributed by atoms with Crippen LogP contribution in [0.25, 0.3) is 0 Å². The Hall–Kier alpha value is -3.88. The molecule has 13 nitrogen and oxygen atoms in total. The number of hydrogen-bond acceptors (Lipinski definition) is 8. The number of rotatable bonds is 9. The number of urea groups is 1. The van der Waals surface area contributed by atoms with Crippen LogP contribution in [0.1, 0.15) is 49.7 Å². The molecule has 4 aliphatic heterocycles. The number of anilines is 1. The number of hydrogen-bond donors (Lipinski definition) is 4. The van der Waals surface area contributed by atoms with Crippen LogP contribution in [0.3, 0.4) is 0 Å². The highest BCUT2D eigenvalue weighted by Crippen LogP contribution is 2.33. The van der Waals surface area contributed by atoms with Crippen LogP contribution in [0.15, 0.2) is 46.9 Å². The van der Waals surface area contributed by atoms with Crippen LogP contribution in [-0.2, 0) is 27.2 Å². The number of fused-ring (bicyclic) bond motifs is 1. The molecule has 0 bridgehead atoms. The zero-order chi connectivity index (χ0) is 35.9. The third kappa shape index (κ3) is 9.32. The van der Waals surface area contributed by atoms with Gasteiger partial charge in [-0.1, -0.05) is 24.3 Å².